The van der Waals surface area contributed by atoms with Gasteiger partial charge < -0.3 is 5.32 Å². The molecule has 6 heteroatoms. The van der Waals surface area contributed by atoms with Crippen molar-refractivity contribution in [1.29, 1.82) is 0 Å². The number of nitrogens with zero attached hydrogens (tertiary/aromatic N) is 1. The number of sulfonamides is 1. The van der Waals surface area contributed by atoms with Crippen LogP contribution >= 0.6 is 0 Å². The Morgan fingerprint density at radius 1 is 1.33 bits per heavy atom. The maximum atomic E-state index is 11.9. The fourth-order valence-corrected chi connectivity index (χ4v) is 3.40. The molecule has 0 radical (unpaired) electrons. The number of hydrogen-bond donors (Lipinski definition) is 1. The first-order valence-electron chi connectivity index (χ1n) is 6.71. The molecule has 0 saturated carbocycles. The van der Waals surface area contributed by atoms with E-state index in [0.717, 1.165) is 19.3 Å². The molecule has 1 fully saturated rings. The van der Waals surface area contributed by atoms with E-state index in [-0.39, 0.29) is 5.91 Å². The van der Waals surface area contributed by atoms with Gasteiger partial charge in [-0.3, -0.25) is 4.79 Å². The van der Waals surface area contributed by atoms with Crippen LogP contribution in [0, 0.1) is 0 Å². The molecule has 1 rings (SSSR count). The van der Waals surface area contributed by atoms with Gasteiger partial charge in [-0.25, -0.2) is 8.42 Å². The summed E-state index contributed by atoms with van der Waals surface area (Å²) >= 11 is 0. The van der Waals surface area contributed by atoms with E-state index in [2.05, 4.69) is 12.2 Å². The van der Waals surface area contributed by atoms with Crippen LogP contribution in [0.3, 0.4) is 0 Å². The van der Waals surface area contributed by atoms with Crippen molar-refractivity contribution in [2.45, 2.75) is 51.5 Å². The molecule has 1 unspecified atom stereocenters. The van der Waals surface area contributed by atoms with Gasteiger partial charge in [0.05, 0.1) is 6.26 Å². The minimum absolute atomic E-state index is 0.144. The molecule has 5 nitrogen and oxygen atoms in total. The van der Waals surface area contributed by atoms with Crippen molar-refractivity contribution in [3.05, 3.63) is 0 Å². The van der Waals surface area contributed by atoms with Gasteiger partial charge in [-0.2, -0.15) is 4.31 Å². The molecule has 0 aromatic heterocycles. The summed E-state index contributed by atoms with van der Waals surface area (Å²) in [7, 11) is -3.26. The van der Waals surface area contributed by atoms with E-state index in [1.54, 1.807) is 0 Å². The Kier molecular flexibility index (Phi) is 6.08. The van der Waals surface area contributed by atoms with Crippen molar-refractivity contribution in [1.82, 2.24) is 9.62 Å². The Balaban J connectivity index is 2.37. The SMILES string of the molecule is CCCCCCNC(=O)C1CCCN1S(C)(=O)=O. The number of rotatable bonds is 7. The fraction of sp³-hybridized carbons (Fsp3) is 0.917. The van der Waals surface area contributed by atoms with Crippen molar-refractivity contribution in [2.24, 2.45) is 0 Å². The molecule has 1 amide bonds. The van der Waals surface area contributed by atoms with Crippen molar-refractivity contribution in [3.63, 3.8) is 0 Å². The molecular formula is C12H24N2O3S. The van der Waals surface area contributed by atoms with E-state index >= 15 is 0 Å². The summed E-state index contributed by atoms with van der Waals surface area (Å²) in [5.41, 5.74) is 0. The molecule has 1 aliphatic heterocycles. The van der Waals surface area contributed by atoms with Gasteiger partial charge in [0.1, 0.15) is 6.04 Å². The summed E-state index contributed by atoms with van der Waals surface area (Å²) in [5, 5.41) is 2.84. The molecule has 0 bridgehead atoms. The highest BCUT2D eigenvalue weighted by atomic mass is 32.2. The van der Waals surface area contributed by atoms with Crippen molar-refractivity contribution in [2.75, 3.05) is 19.3 Å². The van der Waals surface area contributed by atoms with Crippen LogP contribution in [-0.4, -0.2) is 44.0 Å². The van der Waals surface area contributed by atoms with Crippen LogP contribution in [0.25, 0.3) is 0 Å². The highest BCUT2D eigenvalue weighted by Gasteiger charge is 2.35. The Labute approximate surface area is 110 Å². The Hall–Kier alpha value is -0.620. The van der Waals surface area contributed by atoms with Crippen molar-refractivity contribution >= 4 is 15.9 Å². The third kappa shape index (κ3) is 4.57. The van der Waals surface area contributed by atoms with Crippen LogP contribution in [0.4, 0.5) is 0 Å². The van der Waals surface area contributed by atoms with Gasteiger partial charge >= 0.3 is 0 Å². The summed E-state index contributed by atoms with van der Waals surface area (Å²) in [4.78, 5) is 11.9. The van der Waals surface area contributed by atoms with Gasteiger partial charge in [0, 0.05) is 13.1 Å². The predicted molar refractivity (Wildman–Crippen MR) is 71.7 cm³/mol. The molecule has 0 aromatic rings. The van der Waals surface area contributed by atoms with Crippen LogP contribution in [0.5, 0.6) is 0 Å². The highest BCUT2D eigenvalue weighted by molar-refractivity contribution is 7.88. The number of hydrogen-bond acceptors (Lipinski definition) is 3. The topological polar surface area (TPSA) is 66.5 Å². The fourth-order valence-electron chi connectivity index (χ4n) is 2.28. The molecule has 1 heterocycles. The molecule has 0 aromatic carbocycles. The number of carbonyl (C=O) groups is 1. The van der Waals surface area contributed by atoms with E-state index in [4.69, 9.17) is 0 Å². The van der Waals surface area contributed by atoms with E-state index < -0.39 is 16.1 Å². The molecule has 0 spiro atoms. The number of nitrogens with one attached hydrogen (secondary N) is 1. The summed E-state index contributed by atoms with van der Waals surface area (Å²) in [6.45, 7) is 3.25. The van der Waals surface area contributed by atoms with Gasteiger partial charge in [0.2, 0.25) is 15.9 Å². The lowest BCUT2D eigenvalue weighted by Crippen LogP contribution is -2.45. The average molecular weight is 276 g/mol. The molecule has 106 valence electrons. The van der Waals surface area contributed by atoms with Gasteiger partial charge in [-0.1, -0.05) is 26.2 Å². The summed E-state index contributed by atoms with van der Waals surface area (Å²) < 4.78 is 24.3. The minimum Gasteiger partial charge on any atom is -0.355 e. The minimum atomic E-state index is -3.26. The van der Waals surface area contributed by atoms with Gasteiger partial charge in [-0.05, 0) is 19.3 Å². The van der Waals surface area contributed by atoms with E-state index in [0.29, 0.717) is 19.5 Å². The number of amides is 1. The Morgan fingerprint density at radius 3 is 2.67 bits per heavy atom. The third-order valence-electron chi connectivity index (χ3n) is 3.26. The number of unbranched alkanes of at least 4 members (excludes halogenated alkanes) is 3. The first kappa shape index (κ1) is 15.4. The second-order valence-electron chi connectivity index (χ2n) is 4.88. The van der Waals surface area contributed by atoms with Gasteiger partial charge in [-0.15, -0.1) is 0 Å². The van der Waals surface area contributed by atoms with Crippen molar-refractivity contribution < 1.29 is 13.2 Å². The Morgan fingerprint density at radius 2 is 2.06 bits per heavy atom. The summed E-state index contributed by atoms with van der Waals surface area (Å²) in [5.74, 6) is -0.144. The van der Waals surface area contributed by atoms with Crippen LogP contribution < -0.4 is 5.32 Å². The monoisotopic (exact) mass is 276 g/mol. The lowest BCUT2D eigenvalue weighted by molar-refractivity contribution is -0.124. The second kappa shape index (κ2) is 7.09. The van der Waals surface area contributed by atoms with Crippen molar-refractivity contribution in [3.8, 4) is 0 Å². The molecule has 1 N–H and O–H groups in total. The molecule has 1 aliphatic rings. The van der Waals surface area contributed by atoms with Crippen LogP contribution in [-0.2, 0) is 14.8 Å². The van der Waals surface area contributed by atoms with Crippen LogP contribution in [0.2, 0.25) is 0 Å². The second-order valence-corrected chi connectivity index (χ2v) is 6.82. The standard InChI is InChI=1S/C12H24N2O3S/c1-3-4-5-6-9-13-12(15)11-8-7-10-14(11)18(2,16)17/h11H,3-10H2,1-2H3,(H,13,15). The summed E-state index contributed by atoms with van der Waals surface area (Å²) in [6.07, 6.45) is 6.98. The highest BCUT2D eigenvalue weighted by Crippen LogP contribution is 2.20. The average Bonchev–Trinajstić information content (AvgIpc) is 2.77. The van der Waals surface area contributed by atoms with E-state index in [1.165, 1.54) is 23.4 Å². The maximum Gasteiger partial charge on any atom is 0.238 e. The molecule has 1 saturated heterocycles. The van der Waals surface area contributed by atoms with Crippen LogP contribution in [0.1, 0.15) is 45.4 Å². The smallest absolute Gasteiger partial charge is 0.238 e. The predicted octanol–water partition coefficient (Wildman–Crippen LogP) is 1.11. The first-order valence-corrected chi connectivity index (χ1v) is 8.56. The molecule has 18 heavy (non-hydrogen) atoms. The first-order chi connectivity index (χ1) is 8.46. The van der Waals surface area contributed by atoms with E-state index in [9.17, 15) is 13.2 Å². The van der Waals surface area contributed by atoms with Gasteiger partial charge in [0.15, 0.2) is 0 Å². The third-order valence-corrected chi connectivity index (χ3v) is 4.55. The largest absolute Gasteiger partial charge is 0.355 e. The van der Waals surface area contributed by atoms with E-state index in [1.807, 2.05) is 0 Å². The lowest BCUT2D eigenvalue weighted by Gasteiger charge is -2.21. The summed E-state index contributed by atoms with van der Waals surface area (Å²) in [6, 6.07) is -0.494. The zero-order chi connectivity index (χ0) is 13.6. The zero-order valence-corrected chi connectivity index (χ0v) is 12.1. The van der Waals surface area contributed by atoms with Crippen LogP contribution in [0.15, 0.2) is 0 Å². The molecule has 1 atom stereocenters. The lowest BCUT2D eigenvalue weighted by atomic mass is 10.2. The maximum absolute atomic E-state index is 11.9. The van der Waals surface area contributed by atoms with Gasteiger partial charge in [0.25, 0.3) is 0 Å². The quantitative estimate of drug-likeness (QED) is 0.708. The zero-order valence-electron chi connectivity index (χ0n) is 11.3. The molecule has 0 aliphatic carbocycles. The normalized spacial score (nSPS) is 21.1. The Bertz CT molecular complexity index is 368. The molecular weight excluding hydrogens is 252 g/mol. The number of carbonyl (C=O) groups excluding carboxylic acids is 1.